The maximum Gasteiger partial charge on any atom is 0.514 e. The van der Waals surface area contributed by atoms with Gasteiger partial charge in [0.05, 0.1) is 6.04 Å². The third-order valence-corrected chi connectivity index (χ3v) is 12.7. The lowest BCUT2D eigenvalue weighted by Gasteiger charge is -2.31. The standard InChI is InChI=1S/C54H66BrN5O10/c1-33(2)26-45-49(62)59-47(27-34(3)4)51(64)60(30-48(61)70-54(5,6)7)25-24-37(29-56-52(65)67-32-43-41-17-11-9-15-39(41)40-16-10-12-18-42(40)43)57-46(50(63)58-45)28-35-20-22-38(23-21-35)69-53(66)68-31-36-14-8-13-19-44(36)55/h8-23,33-34,37,43,45-47,57H,24-32H2,1-7H3,(H,56,65)(H,58,63)(H,59,62)/t37-,45-,46-,47-/m0/s1. The number of hydrogen-bond donors (Lipinski definition) is 4. The van der Waals surface area contributed by atoms with Crippen LogP contribution in [0.25, 0.3) is 11.1 Å². The van der Waals surface area contributed by atoms with Crippen LogP contribution in [0.4, 0.5) is 9.59 Å². The van der Waals surface area contributed by atoms with E-state index >= 15 is 0 Å². The molecule has 4 aromatic rings. The number of carbonyl (C=O) groups excluding carboxylic acids is 6. The number of ether oxygens (including phenoxy) is 4. The average Bonchev–Trinajstić information content (AvgIpc) is 3.62. The molecule has 4 atom stereocenters. The number of carbonyl (C=O) groups is 6. The minimum absolute atomic E-state index is 0.000297. The Bertz CT molecular complexity index is 2430. The first kappa shape index (κ1) is 53.1. The van der Waals surface area contributed by atoms with E-state index in [1.807, 2.05) is 88.4 Å². The molecule has 1 aliphatic heterocycles. The molecule has 1 saturated heterocycles. The minimum Gasteiger partial charge on any atom is -0.459 e. The molecule has 0 saturated carbocycles. The zero-order valence-corrected chi connectivity index (χ0v) is 42.6. The van der Waals surface area contributed by atoms with E-state index in [9.17, 15) is 28.8 Å². The Labute approximate surface area is 419 Å². The third-order valence-electron chi connectivity index (χ3n) is 11.9. The van der Waals surface area contributed by atoms with Crippen molar-refractivity contribution < 1.29 is 47.7 Å². The Morgan fingerprint density at radius 3 is 1.97 bits per heavy atom. The molecule has 0 radical (unpaired) electrons. The maximum absolute atomic E-state index is 14.6. The zero-order valence-electron chi connectivity index (χ0n) is 41.1. The quantitative estimate of drug-likeness (QED) is 0.0510. The third kappa shape index (κ3) is 15.4. The topological polar surface area (TPSA) is 191 Å². The van der Waals surface area contributed by atoms with Gasteiger partial charge in [0.15, 0.2) is 0 Å². The summed E-state index contributed by atoms with van der Waals surface area (Å²) < 4.78 is 23.1. The molecule has 0 bridgehead atoms. The Kier molecular flexibility index (Phi) is 18.6. The van der Waals surface area contributed by atoms with Crippen LogP contribution >= 0.6 is 15.9 Å². The van der Waals surface area contributed by atoms with Gasteiger partial charge in [-0.1, -0.05) is 122 Å². The van der Waals surface area contributed by atoms with Gasteiger partial charge in [0.25, 0.3) is 0 Å². The molecule has 0 aromatic heterocycles. The highest BCUT2D eigenvalue weighted by Crippen LogP contribution is 2.44. The van der Waals surface area contributed by atoms with Gasteiger partial charge in [-0.15, -0.1) is 0 Å². The summed E-state index contributed by atoms with van der Waals surface area (Å²) in [5.74, 6) is -2.11. The summed E-state index contributed by atoms with van der Waals surface area (Å²) in [5, 5.41) is 12.2. The Hall–Kier alpha value is -6.26. The number of halogens is 1. The summed E-state index contributed by atoms with van der Waals surface area (Å²) >= 11 is 3.45. The first-order valence-electron chi connectivity index (χ1n) is 24.0. The number of amides is 4. The van der Waals surface area contributed by atoms with Crippen LogP contribution in [0.1, 0.15) is 95.9 Å². The smallest absolute Gasteiger partial charge is 0.459 e. The first-order valence-corrected chi connectivity index (χ1v) is 24.8. The maximum atomic E-state index is 14.6. The molecule has 4 aromatic carbocycles. The van der Waals surface area contributed by atoms with Crippen LogP contribution < -0.4 is 26.0 Å². The fraction of sp³-hybridized carbons (Fsp3) is 0.444. The number of benzene rings is 4. The van der Waals surface area contributed by atoms with E-state index in [0.29, 0.717) is 5.56 Å². The van der Waals surface area contributed by atoms with E-state index in [1.54, 1.807) is 45.0 Å². The van der Waals surface area contributed by atoms with Gasteiger partial charge in [-0.25, -0.2) is 9.59 Å². The second kappa shape index (κ2) is 24.5. The van der Waals surface area contributed by atoms with Crippen molar-refractivity contribution in [1.29, 1.82) is 0 Å². The van der Waals surface area contributed by atoms with Crippen LogP contribution in [-0.2, 0) is 46.4 Å². The molecule has 0 spiro atoms. The summed E-state index contributed by atoms with van der Waals surface area (Å²) in [6.45, 7) is 12.6. The second-order valence-electron chi connectivity index (χ2n) is 19.7. The normalized spacial score (nSPS) is 18.9. The van der Waals surface area contributed by atoms with Gasteiger partial charge in [-0.2, -0.15) is 0 Å². The largest absolute Gasteiger partial charge is 0.514 e. The van der Waals surface area contributed by atoms with Gasteiger partial charge in [-0.3, -0.25) is 19.2 Å². The molecule has 4 amide bonds. The molecular formula is C54H66BrN5O10. The van der Waals surface area contributed by atoms with Gasteiger partial charge in [0.2, 0.25) is 17.7 Å². The summed E-state index contributed by atoms with van der Waals surface area (Å²) in [7, 11) is 0. The summed E-state index contributed by atoms with van der Waals surface area (Å²) in [4.78, 5) is 84.4. The lowest BCUT2D eigenvalue weighted by atomic mass is 9.98. The number of fused-ring (bicyclic) bond motifs is 3. The fourth-order valence-electron chi connectivity index (χ4n) is 8.69. The minimum atomic E-state index is -1.02. The molecule has 2 aliphatic rings. The van der Waals surface area contributed by atoms with Gasteiger partial charge in [0, 0.05) is 35.1 Å². The molecule has 4 N–H and O–H groups in total. The summed E-state index contributed by atoms with van der Waals surface area (Å²) in [5.41, 5.74) is 4.93. The van der Waals surface area contributed by atoms with Crippen LogP contribution in [0.5, 0.6) is 5.75 Å². The second-order valence-corrected chi connectivity index (χ2v) is 20.6. The predicted octanol–water partition coefficient (Wildman–Crippen LogP) is 8.21. The molecule has 374 valence electrons. The Morgan fingerprint density at radius 1 is 0.757 bits per heavy atom. The number of esters is 1. The monoisotopic (exact) mass is 1020 g/mol. The van der Waals surface area contributed by atoms with E-state index in [0.717, 1.165) is 32.3 Å². The van der Waals surface area contributed by atoms with Crippen LogP contribution in [0.3, 0.4) is 0 Å². The molecule has 1 fully saturated rings. The Balaban J connectivity index is 1.26. The molecule has 70 heavy (non-hydrogen) atoms. The van der Waals surface area contributed by atoms with Crippen molar-refractivity contribution in [2.45, 2.75) is 116 Å². The van der Waals surface area contributed by atoms with Gasteiger partial charge in [0.1, 0.15) is 43.2 Å². The summed E-state index contributed by atoms with van der Waals surface area (Å²) in [6, 6.07) is 26.4. The van der Waals surface area contributed by atoms with E-state index < -0.39 is 72.3 Å². The van der Waals surface area contributed by atoms with Crippen molar-refractivity contribution in [3.8, 4) is 16.9 Å². The van der Waals surface area contributed by atoms with Crippen molar-refractivity contribution in [2.24, 2.45) is 11.8 Å². The number of nitrogens with zero attached hydrogens (tertiary/aromatic N) is 1. The molecular weight excluding hydrogens is 959 g/mol. The predicted molar refractivity (Wildman–Crippen MR) is 269 cm³/mol. The fourth-order valence-corrected chi connectivity index (χ4v) is 9.09. The number of hydrogen-bond acceptors (Lipinski definition) is 11. The highest BCUT2D eigenvalue weighted by atomic mass is 79.9. The SMILES string of the molecule is CC(C)C[C@@H]1NC(=O)[C@H](Cc2ccc(OC(=O)OCc3ccccc3Br)cc2)N[C@H](CNC(=O)OCC2c3ccccc3-c3ccccc32)CCN(CC(=O)OC(C)(C)C)C(=O)[C@H](CC(C)C)NC1=O. The van der Waals surface area contributed by atoms with E-state index in [-0.39, 0.29) is 75.5 Å². The lowest BCUT2D eigenvalue weighted by molar-refractivity contribution is -0.159. The highest BCUT2D eigenvalue weighted by molar-refractivity contribution is 9.10. The van der Waals surface area contributed by atoms with E-state index in [4.69, 9.17) is 18.9 Å². The van der Waals surface area contributed by atoms with Crippen molar-refractivity contribution in [2.75, 3.05) is 26.2 Å². The van der Waals surface area contributed by atoms with Crippen LogP contribution in [-0.4, -0.2) is 96.8 Å². The van der Waals surface area contributed by atoms with Gasteiger partial charge >= 0.3 is 18.2 Å². The lowest BCUT2D eigenvalue weighted by Crippen LogP contribution is -2.58. The zero-order chi connectivity index (χ0) is 50.5. The number of alkyl carbamates (subject to hydrolysis) is 1. The van der Waals surface area contributed by atoms with Crippen molar-refractivity contribution >= 4 is 51.9 Å². The molecule has 15 nitrogen and oxygen atoms in total. The number of rotatable bonds is 15. The highest BCUT2D eigenvalue weighted by Gasteiger charge is 2.36. The van der Waals surface area contributed by atoms with Crippen LogP contribution in [0, 0.1) is 11.8 Å². The average molecular weight is 1030 g/mol. The van der Waals surface area contributed by atoms with Crippen molar-refractivity contribution in [3.05, 3.63) is 124 Å². The van der Waals surface area contributed by atoms with Crippen LogP contribution in [0.2, 0.25) is 0 Å². The first-order chi connectivity index (χ1) is 33.3. The van der Waals surface area contributed by atoms with E-state index in [2.05, 4.69) is 49.3 Å². The van der Waals surface area contributed by atoms with Crippen molar-refractivity contribution in [3.63, 3.8) is 0 Å². The molecule has 0 unspecified atom stereocenters. The number of nitrogens with one attached hydrogen (secondary N) is 4. The molecule has 16 heteroatoms. The molecule has 1 aliphatic carbocycles. The van der Waals surface area contributed by atoms with Crippen molar-refractivity contribution in [1.82, 2.24) is 26.2 Å². The van der Waals surface area contributed by atoms with Crippen LogP contribution in [0.15, 0.2) is 102 Å². The van der Waals surface area contributed by atoms with Gasteiger partial charge in [-0.05, 0) is 104 Å². The Morgan fingerprint density at radius 2 is 1.34 bits per heavy atom. The van der Waals surface area contributed by atoms with Gasteiger partial charge < -0.3 is 45.1 Å². The summed E-state index contributed by atoms with van der Waals surface area (Å²) in [6.07, 6.45) is -0.765. The van der Waals surface area contributed by atoms with E-state index in [1.165, 1.54) is 4.90 Å². The molecule has 1 heterocycles. The molecule has 6 rings (SSSR count).